The lowest BCUT2D eigenvalue weighted by atomic mass is 9.77. The van der Waals surface area contributed by atoms with E-state index >= 15 is 0 Å². The minimum absolute atomic E-state index is 0.389. The zero-order chi connectivity index (χ0) is 19.4. The lowest BCUT2D eigenvalue weighted by Gasteiger charge is -2.36. The maximum atomic E-state index is 10.6. The highest BCUT2D eigenvalue weighted by atomic mass is 16.3. The molecule has 2 aliphatic rings. The highest BCUT2D eigenvalue weighted by Crippen LogP contribution is 2.40. The van der Waals surface area contributed by atoms with Gasteiger partial charge in [0.05, 0.1) is 30.4 Å². The maximum absolute atomic E-state index is 10.6. The van der Waals surface area contributed by atoms with Gasteiger partial charge in [0.15, 0.2) is 11.6 Å². The largest absolute Gasteiger partial charge is 0.463 e. The number of rotatable bonds is 4. The Labute approximate surface area is 161 Å². The van der Waals surface area contributed by atoms with E-state index in [1.54, 1.807) is 17.2 Å². The van der Waals surface area contributed by atoms with Gasteiger partial charge >= 0.3 is 0 Å². The van der Waals surface area contributed by atoms with Crippen LogP contribution in [0.15, 0.2) is 39.9 Å². The number of aromatic nitrogens is 4. The van der Waals surface area contributed by atoms with Gasteiger partial charge in [0, 0.05) is 0 Å². The number of aryl methyl sites for hydroxylation is 1. The molecule has 1 saturated carbocycles. The Hall–Kier alpha value is -3.04. The predicted molar refractivity (Wildman–Crippen MR) is 102 cm³/mol. The van der Waals surface area contributed by atoms with Crippen LogP contribution in [0.1, 0.15) is 47.7 Å². The van der Waals surface area contributed by atoms with Gasteiger partial charge < -0.3 is 14.8 Å². The van der Waals surface area contributed by atoms with Crippen LogP contribution < -0.4 is 11.1 Å². The average molecular weight is 379 g/mol. The van der Waals surface area contributed by atoms with Crippen molar-refractivity contribution in [1.29, 1.82) is 0 Å². The third-order valence-corrected chi connectivity index (χ3v) is 5.44. The van der Waals surface area contributed by atoms with E-state index in [0.717, 1.165) is 30.5 Å². The minimum Gasteiger partial charge on any atom is -0.463 e. The van der Waals surface area contributed by atoms with Gasteiger partial charge in [-0.05, 0) is 49.9 Å². The van der Waals surface area contributed by atoms with Gasteiger partial charge in [-0.3, -0.25) is 10.7 Å². The quantitative estimate of drug-likeness (QED) is 0.628. The van der Waals surface area contributed by atoms with E-state index in [4.69, 9.17) is 10.2 Å². The molecule has 9 heteroatoms. The van der Waals surface area contributed by atoms with Gasteiger partial charge in [-0.15, -0.1) is 5.10 Å². The van der Waals surface area contributed by atoms with Crippen LogP contribution in [0.3, 0.4) is 0 Å². The Morgan fingerprint density at radius 3 is 2.89 bits per heavy atom. The Bertz CT molecular complexity index is 1070. The topological polar surface area (TPSA) is 127 Å². The van der Waals surface area contributed by atoms with Crippen molar-refractivity contribution in [2.45, 2.75) is 44.1 Å². The normalized spacial score (nSPS) is 22.4. The monoisotopic (exact) mass is 379 g/mol. The van der Waals surface area contributed by atoms with E-state index in [1.165, 1.54) is 0 Å². The van der Waals surface area contributed by atoms with Crippen LogP contribution in [-0.2, 0) is 17.9 Å². The van der Waals surface area contributed by atoms with Crippen molar-refractivity contribution in [3.8, 4) is 0 Å². The third-order valence-electron chi connectivity index (χ3n) is 5.44. The maximum Gasteiger partial charge on any atom is 0.244 e. The predicted octanol–water partition coefficient (Wildman–Crippen LogP) is 1.61. The number of nitrogens with zero attached hydrogens (tertiary/aromatic N) is 5. The molecule has 0 saturated heterocycles. The molecule has 3 aromatic rings. The summed E-state index contributed by atoms with van der Waals surface area (Å²) in [6, 6.07) is 7.52. The molecule has 3 aromatic heterocycles. The fourth-order valence-electron chi connectivity index (χ4n) is 3.66. The summed E-state index contributed by atoms with van der Waals surface area (Å²) >= 11 is 0. The molecule has 1 fully saturated rings. The number of aliphatic hydroxyl groups is 1. The van der Waals surface area contributed by atoms with Crippen LogP contribution in [-0.4, -0.2) is 31.3 Å². The first-order chi connectivity index (χ1) is 13.5. The summed E-state index contributed by atoms with van der Waals surface area (Å²) in [6.07, 6.45) is 5.70. The molecule has 1 atom stereocenters. The van der Waals surface area contributed by atoms with Crippen molar-refractivity contribution in [2.24, 2.45) is 10.7 Å². The van der Waals surface area contributed by atoms with E-state index in [0.29, 0.717) is 29.5 Å². The Morgan fingerprint density at radius 1 is 1.32 bits per heavy atom. The number of hydrogen-bond donors (Lipinski definition) is 3. The smallest absolute Gasteiger partial charge is 0.244 e. The highest BCUT2D eigenvalue weighted by Gasteiger charge is 2.38. The molecular formula is C19H21N7O2. The van der Waals surface area contributed by atoms with E-state index in [9.17, 15) is 5.11 Å². The second-order valence-electron chi connectivity index (χ2n) is 7.46. The molecule has 1 unspecified atom stereocenters. The van der Waals surface area contributed by atoms with E-state index < -0.39 is 11.4 Å². The standard InChI is InChI=1S/C19H21N7O2/c1-12-6-9-28-16(12)19(20)21-10-14-17(23-19)26(25-24-14)11-13-4-2-5-15(22-13)18(27)7-3-8-18/h2,4-6,9-10,23,27H,3,7-8,11,20H2,1H3. The molecule has 0 bridgehead atoms. The van der Waals surface area contributed by atoms with Crippen LogP contribution >= 0.6 is 0 Å². The first-order valence-electron chi connectivity index (χ1n) is 9.26. The summed E-state index contributed by atoms with van der Waals surface area (Å²) in [5.74, 6) is -0.0477. The summed E-state index contributed by atoms with van der Waals surface area (Å²) in [5, 5.41) is 22.1. The lowest BCUT2D eigenvalue weighted by molar-refractivity contribution is -0.0427. The van der Waals surface area contributed by atoms with Crippen LogP contribution in [0.4, 0.5) is 5.82 Å². The summed E-state index contributed by atoms with van der Waals surface area (Å²) in [4.78, 5) is 9.02. The highest BCUT2D eigenvalue weighted by molar-refractivity contribution is 5.86. The Balaban J connectivity index is 1.44. The molecule has 0 aromatic carbocycles. The van der Waals surface area contributed by atoms with Crippen molar-refractivity contribution < 1.29 is 9.52 Å². The fourth-order valence-corrected chi connectivity index (χ4v) is 3.66. The SMILES string of the molecule is Cc1ccoc1C1(N)N=Cc2nnn(Cc3cccc(C4(O)CCC4)n3)c2N1. The van der Waals surface area contributed by atoms with Crippen molar-refractivity contribution in [3.63, 3.8) is 0 Å². The third kappa shape index (κ3) is 2.62. The number of aliphatic imine (C=N–C) groups is 1. The van der Waals surface area contributed by atoms with Gasteiger partial charge in [-0.25, -0.2) is 9.67 Å². The number of nitrogens with one attached hydrogen (secondary N) is 1. The first kappa shape index (κ1) is 17.1. The summed E-state index contributed by atoms with van der Waals surface area (Å²) in [7, 11) is 0. The van der Waals surface area contributed by atoms with Gasteiger partial charge in [0.25, 0.3) is 0 Å². The first-order valence-corrected chi connectivity index (χ1v) is 9.26. The van der Waals surface area contributed by atoms with Gasteiger partial charge in [0.2, 0.25) is 5.79 Å². The number of nitrogens with two attached hydrogens (primary N) is 1. The molecule has 9 nitrogen and oxygen atoms in total. The van der Waals surface area contributed by atoms with Gasteiger partial charge in [-0.1, -0.05) is 11.3 Å². The van der Waals surface area contributed by atoms with Crippen molar-refractivity contribution in [2.75, 3.05) is 5.32 Å². The molecule has 0 spiro atoms. The molecule has 144 valence electrons. The summed E-state index contributed by atoms with van der Waals surface area (Å²) < 4.78 is 7.23. The molecule has 0 amide bonds. The number of furan rings is 1. The number of anilines is 1. The van der Waals surface area contributed by atoms with Crippen molar-refractivity contribution in [3.05, 3.63) is 58.9 Å². The van der Waals surface area contributed by atoms with Crippen LogP contribution in [0.5, 0.6) is 0 Å². The fraction of sp³-hybridized carbons (Fsp3) is 0.368. The lowest BCUT2D eigenvalue weighted by Crippen LogP contribution is -2.45. The van der Waals surface area contributed by atoms with E-state index in [-0.39, 0.29) is 0 Å². The second-order valence-corrected chi connectivity index (χ2v) is 7.46. The van der Waals surface area contributed by atoms with E-state index in [1.807, 2.05) is 31.2 Å². The molecule has 4 N–H and O–H groups in total. The van der Waals surface area contributed by atoms with Crippen molar-refractivity contribution in [1.82, 2.24) is 20.0 Å². The van der Waals surface area contributed by atoms with Gasteiger partial charge in [-0.2, -0.15) is 0 Å². The number of hydrogen-bond acceptors (Lipinski definition) is 8. The molecule has 1 aliphatic heterocycles. The zero-order valence-corrected chi connectivity index (χ0v) is 15.5. The van der Waals surface area contributed by atoms with Crippen LogP contribution in [0.25, 0.3) is 0 Å². The average Bonchev–Trinajstić information content (AvgIpc) is 3.26. The molecule has 4 heterocycles. The molecule has 28 heavy (non-hydrogen) atoms. The zero-order valence-electron chi connectivity index (χ0n) is 15.5. The molecule has 0 radical (unpaired) electrons. The van der Waals surface area contributed by atoms with Crippen LogP contribution in [0, 0.1) is 6.92 Å². The summed E-state index contributed by atoms with van der Waals surface area (Å²) in [6.45, 7) is 2.30. The van der Waals surface area contributed by atoms with Crippen LogP contribution in [0.2, 0.25) is 0 Å². The van der Waals surface area contributed by atoms with E-state index in [2.05, 4.69) is 25.6 Å². The second kappa shape index (κ2) is 5.98. The minimum atomic E-state index is -1.23. The molecule has 1 aliphatic carbocycles. The Kier molecular flexibility index (Phi) is 3.65. The summed E-state index contributed by atoms with van der Waals surface area (Å²) in [5.41, 5.74) is 8.64. The van der Waals surface area contributed by atoms with Crippen molar-refractivity contribution >= 4 is 12.0 Å². The molecule has 5 rings (SSSR count). The number of pyridine rings is 1. The van der Waals surface area contributed by atoms with Gasteiger partial charge in [0.1, 0.15) is 11.3 Å². The molecular weight excluding hydrogens is 358 g/mol. The Morgan fingerprint density at radius 2 is 2.18 bits per heavy atom. The number of fused-ring (bicyclic) bond motifs is 1.